The first-order valence-electron chi connectivity index (χ1n) is 7.16. The lowest BCUT2D eigenvalue weighted by molar-refractivity contribution is -0.145. The average molecular weight is 270 g/mol. The molecule has 0 aromatic heterocycles. The van der Waals surface area contributed by atoms with Gasteiger partial charge in [-0.1, -0.05) is 13.8 Å². The lowest BCUT2D eigenvalue weighted by atomic mass is 9.97. The van der Waals surface area contributed by atoms with E-state index in [1.807, 2.05) is 11.8 Å². The molecule has 0 bridgehead atoms. The van der Waals surface area contributed by atoms with E-state index in [4.69, 9.17) is 5.11 Å². The smallest absolute Gasteiger partial charge is 0.307 e. The second-order valence-corrected chi connectivity index (χ2v) is 5.82. The summed E-state index contributed by atoms with van der Waals surface area (Å²) in [5.74, 6) is -0.509. The highest BCUT2D eigenvalue weighted by Gasteiger charge is 2.30. The first-order valence-corrected chi connectivity index (χ1v) is 7.16. The second kappa shape index (κ2) is 7.48. The standard InChI is InChI=1S/C14H26N2O3/c1-10(2)6-7-15-13(17)11(3)16-8-4-5-12(9-16)14(18)19/h10-12H,4-9H2,1-3H3,(H,15,17)(H,18,19)/t11-,12+/m0/s1. The van der Waals surface area contributed by atoms with Gasteiger partial charge in [0.05, 0.1) is 12.0 Å². The van der Waals surface area contributed by atoms with E-state index in [-0.39, 0.29) is 17.9 Å². The molecule has 0 spiro atoms. The normalized spacial score (nSPS) is 22.2. The Hall–Kier alpha value is -1.10. The van der Waals surface area contributed by atoms with Crippen LogP contribution in [0.25, 0.3) is 0 Å². The molecular formula is C14H26N2O3. The molecule has 5 nitrogen and oxygen atoms in total. The molecule has 5 heteroatoms. The molecule has 1 aliphatic rings. The van der Waals surface area contributed by atoms with Gasteiger partial charge in [-0.25, -0.2) is 0 Å². The molecule has 1 aliphatic heterocycles. The van der Waals surface area contributed by atoms with Gasteiger partial charge in [0.1, 0.15) is 0 Å². The number of hydrogen-bond acceptors (Lipinski definition) is 3. The van der Waals surface area contributed by atoms with Crippen LogP contribution in [0, 0.1) is 11.8 Å². The zero-order valence-corrected chi connectivity index (χ0v) is 12.2. The lowest BCUT2D eigenvalue weighted by Gasteiger charge is -2.34. The summed E-state index contributed by atoms with van der Waals surface area (Å²) in [6, 6.07) is -0.241. The molecular weight excluding hydrogens is 244 g/mol. The summed E-state index contributed by atoms with van der Waals surface area (Å²) in [5, 5.41) is 12.0. The van der Waals surface area contributed by atoms with E-state index in [0.29, 0.717) is 25.4 Å². The van der Waals surface area contributed by atoms with E-state index in [2.05, 4.69) is 19.2 Å². The average Bonchev–Trinajstić information content (AvgIpc) is 2.37. The number of rotatable bonds is 6. The van der Waals surface area contributed by atoms with E-state index >= 15 is 0 Å². The molecule has 1 fully saturated rings. The third-order valence-corrected chi connectivity index (χ3v) is 3.75. The van der Waals surface area contributed by atoms with Crippen LogP contribution >= 0.6 is 0 Å². The quantitative estimate of drug-likeness (QED) is 0.764. The van der Waals surface area contributed by atoms with Crippen LogP contribution in [0.5, 0.6) is 0 Å². The molecule has 1 amide bonds. The van der Waals surface area contributed by atoms with Crippen molar-refractivity contribution in [1.82, 2.24) is 10.2 Å². The van der Waals surface area contributed by atoms with Gasteiger partial charge in [0.25, 0.3) is 0 Å². The Bertz CT molecular complexity index is 318. The Balaban J connectivity index is 2.40. The van der Waals surface area contributed by atoms with Crippen molar-refractivity contribution in [2.24, 2.45) is 11.8 Å². The highest BCUT2D eigenvalue weighted by atomic mass is 16.4. The molecule has 1 heterocycles. The van der Waals surface area contributed by atoms with Crippen LogP contribution in [0.3, 0.4) is 0 Å². The van der Waals surface area contributed by atoms with Crippen LogP contribution in [0.1, 0.15) is 40.0 Å². The number of piperidine rings is 1. The zero-order chi connectivity index (χ0) is 14.4. The number of carboxylic acids is 1. The second-order valence-electron chi connectivity index (χ2n) is 5.82. The van der Waals surface area contributed by atoms with Crippen LogP contribution in [0.15, 0.2) is 0 Å². The molecule has 0 unspecified atom stereocenters. The van der Waals surface area contributed by atoms with Crippen molar-refractivity contribution in [3.05, 3.63) is 0 Å². The number of likely N-dealkylation sites (tertiary alicyclic amines) is 1. The molecule has 0 aromatic carbocycles. The number of carboxylic acid groups (broad SMARTS) is 1. The van der Waals surface area contributed by atoms with Crippen molar-refractivity contribution >= 4 is 11.9 Å². The summed E-state index contributed by atoms with van der Waals surface area (Å²) < 4.78 is 0. The molecule has 1 saturated heterocycles. The van der Waals surface area contributed by atoms with Crippen molar-refractivity contribution in [3.8, 4) is 0 Å². The molecule has 110 valence electrons. The maximum absolute atomic E-state index is 12.0. The van der Waals surface area contributed by atoms with Gasteiger partial charge in [-0.15, -0.1) is 0 Å². The molecule has 0 aromatic rings. The Morgan fingerprint density at radius 2 is 2.05 bits per heavy atom. The van der Waals surface area contributed by atoms with Crippen molar-refractivity contribution in [1.29, 1.82) is 0 Å². The minimum absolute atomic E-state index is 0.00619. The summed E-state index contributed by atoms with van der Waals surface area (Å²) in [7, 11) is 0. The van der Waals surface area contributed by atoms with Crippen LogP contribution < -0.4 is 5.32 Å². The van der Waals surface area contributed by atoms with Crippen molar-refractivity contribution < 1.29 is 14.7 Å². The van der Waals surface area contributed by atoms with E-state index in [0.717, 1.165) is 19.4 Å². The molecule has 1 rings (SSSR count). The van der Waals surface area contributed by atoms with Crippen molar-refractivity contribution in [2.45, 2.75) is 46.1 Å². The maximum Gasteiger partial charge on any atom is 0.307 e. The molecule has 19 heavy (non-hydrogen) atoms. The third kappa shape index (κ3) is 5.19. The monoisotopic (exact) mass is 270 g/mol. The first kappa shape index (κ1) is 16.0. The largest absolute Gasteiger partial charge is 0.481 e. The molecule has 2 N–H and O–H groups in total. The number of carbonyl (C=O) groups is 2. The Morgan fingerprint density at radius 1 is 1.37 bits per heavy atom. The molecule has 0 aliphatic carbocycles. The van der Waals surface area contributed by atoms with Crippen LogP contribution in [-0.2, 0) is 9.59 Å². The predicted octanol–water partition coefficient (Wildman–Crippen LogP) is 1.33. The lowest BCUT2D eigenvalue weighted by Crippen LogP contribution is -2.50. The number of aliphatic carboxylic acids is 1. The van der Waals surface area contributed by atoms with Gasteiger partial charge in [0, 0.05) is 13.1 Å². The van der Waals surface area contributed by atoms with Crippen LogP contribution in [0.4, 0.5) is 0 Å². The van der Waals surface area contributed by atoms with E-state index in [1.54, 1.807) is 0 Å². The van der Waals surface area contributed by atoms with E-state index in [9.17, 15) is 9.59 Å². The molecule has 2 atom stereocenters. The molecule has 0 saturated carbocycles. The van der Waals surface area contributed by atoms with Gasteiger partial charge in [-0.05, 0) is 38.6 Å². The SMILES string of the molecule is CC(C)CCNC(=O)[C@H](C)N1CCC[C@@H](C(=O)O)C1. The minimum Gasteiger partial charge on any atom is -0.481 e. The topological polar surface area (TPSA) is 69.6 Å². The summed E-state index contributed by atoms with van der Waals surface area (Å²) in [6.45, 7) is 8.08. The Kier molecular flexibility index (Phi) is 6.28. The van der Waals surface area contributed by atoms with Gasteiger partial charge in [-0.2, -0.15) is 0 Å². The molecule has 0 radical (unpaired) electrons. The highest BCUT2D eigenvalue weighted by molar-refractivity contribution is 5.81. The summed E-state index contributed by atoms with van der Waals surface area (Å²) >= 11 is 0. The number of carbonyl (C=O) groups excluding carboxylic acids is 1. The van der Waals surface area contributed by atoms with Crippen LogP contribution in [-0.4, -0.2) is 47.6 Å². The fourth-order valence-corrected chi connectivity index (χ4v) is 2.36. The third-order valence-electron chi connectivity index (χ3n) is 3.75. The Morgan fingerprint density at radius 3 is 2.63 bits per heavy atom. The summed E-state index contributed by atoms with van der Waals surface area (Å²) in [4.78, 5) is 25.0. The Labute approximate surface area is 115 Å². The fraction of sp³-hybridized carbons (Fsp3) is 0.857. The van der Waals surface area contributed by atoms with E-state index in [1.165, 1.54) is 0 Å². The predicted molar refractivity (Wildman–Crippen MR) is 73.9 cm³/mol. The summed E-state index contributed by atoms with van der Waals surface area (Å²) in [5.41, 5.74) is 0. The maximum atomic E-state index is 12.0. The highest BCUT2D eigenvalue weighted by Crippen LogP contribution is 2.18. The zero-order valence-electron chi connectivity index (χ0n) is 12.2. The van der Waals surface area contributed by atoms with Gasteiger partial charge in [0.15, 0.2) is 0 Å². The van der Waals surface area contributed by atoms with Gasteiger partial charge >= 0.3 is 5.97 Å². The first-order chi connectivity index (χ1) is 8.91. The minimum atomic E-state index is -0.753. The fourth-order valence-electron chi connectivity index (χ4n) is 2.36. The number of nitrogens with zero attached hydrogens (tertiary/aromatic N) is 1. The van der Waals surface area contributed by atoms with Gasteiger partial charge < -0.3 is 10.4 Å². The number of hydrogen-bond donors (Lipinski definition) is 2. The van der Waals surface area contributed by atoms with Crippen LogP contribution in [0.2, 0.25) is 0 Å². The number of nitrogens with one attached hydrogen (secondary N) is 1. The van der Waals surface area contributed by atoms with Crippen molar-refractivity contribution in [2.75, 3.05) is 19.6 Å². The number of amides is 1. The van der Waals surface area contributed by atoms with Gasteiger partial charge in [-0.3, -0.25) is 14.5 Å². The van der Waals surface area contributed by atoms with E-state index < -0.39 is 5.97 Å². The summed E-state index contributed by atoms with van der Waals surface area (Å²) in [6.07, 6.45) is 2.53. The van der Waals surface area contributed by atoms with Crippen molar-refractivity contribution in [3.63, 3.8) is 0 Å². The van der Waals surface area contributed by atoms with Gasteiger partial charge in [0.2, 0.25) is 5.91 Å².